The van der Waals surface area contributed by atoms with Crippen LogP contribution in [0.5, 0.6) is 0 Å². The predicted octanol–water partition coefficient (Wildman–Crippen LogP) is 2.05. The van der Waals surface area contributed by atoms with Gasteiger partial charge in [0.1, 0.15) is 0 Å². The van der Waals surface area contributed by atoms with Crippen LogP contribution in [-0.2, 0) is 6.42 Å². The number of unbranched alkanes of at least 4 members (excludes halogenated alkanes) is 1. The number of hydrogen-bond donors (Lipinski definition) is 1. The molecule has 0 fully saturated rings. The van der Waals surface area contributed by atoms with Gasteiger partial charge in [-0.05, 0) is 30.9 Å². The van der Waals surface area contributed by atoms with Crippen LogP contribution in [0.1, 0.15) is 18.4 Å². The van der Waals surface area contributed by atoms with Gasteiger partial charge < -0.3 is 5.11 Å². The summed E-state index contributed by atoms with van der Waals surface area (Å²) >= 11 is 5.88. The Balaban J connectivity index is 2.46. The fourth-order valence-electron chi connectivity index (χ4n) is 1.03. The van der Waals surface area contributed by atoms with Crippen molar-refractivity contribution in [2.24, 2.45) is 0 Å². The topological polar surface area (TPSA) is 33.1 Å². The minimum atomic E-state index is 0.253. The van der Waals surface area contributed by atoms with Crippen molar-refractivity contribution in [2.45, 2.75) is 19.3 Å². The lowest BCUT2D eigenvalue weighted by Gasteiger charge is -2.01. The minimum Gasteiger partial charge on any atom is -0.396 e. The average Bonchev–Trinajstić information content (AvgIpc) is 2.09. The van der Waals surface area contributed by atoms with Crippen LogP contribution in [-0.4, -0.2) is 16.7 Å². The molecule has 0 aromatic carbocycles. The zero-order chi connectivity index (χ0) is 8.81. The van der Waals surface area contributed by atoms with Crippen molar-refractivity contribution in [3.05, 3.63) is 29.0 Å². The molecular weight excluding hydrogens is 174 g/mol. The largest absolute Gasteiger partial charge is 0.396 e. The lowest BCUT2D eigenvalue weighted by molar-refractivity contribution is 0.284. The maximum absolute atomic E-state index is 8.57. The molecule has 0 aliphatic rings. The van der Waals surface area contributed by atoms with E-state index < -0.39 is 0 Å². The molecule has 2 nitrogen and oxygen atoms in total. The maximum Gasteiger partial charge on any atom is 0.0621 e. The van der Waals surface area contributed by atoms with E-state index in [1.807, 2.05) is 6.07 Å². The molecule has 3 heteroatoms. The highest BCUT2D eigenvalue weighted by atomic mass is 35.5. The second-order valence-electron chi connectivity index (χ2n) is 2.65. The number of aromatic nitrogens is 1. The Morgan fingerprint density at radius 3 is 2.92 bits per heavy atom. The average molecular weight is 186 g/mol. The van der Waals surface area contributed by atoms with Crippen LogP contribution in [0, 0.1) is 0 Å². The monoisotopic (exact) mass is 185 g/mol. The zero-order valence-corrected chi connectivity index (χ0v) is 7.59. The highest BCUT2D eigenvalue weighted by Crippen LogP contribution is 2.15. The van der Waals surface area contributed by atoms with Gasteiger partial charge >= 0.3 is 0 Å². The number of rotatable bonds is 4. The van der Waals surface area contributed by atoms with E-state index in [0.717, 1.165) is 29.8 Å². The third-order valence-electron chi connectivity index (χ3n) is 1.71. The summed E-state index contributed by atoms with van der Waals surface area (Å²) in [6.45, 7) is 0.253. The second kappa shape index (κ2) is 5.12. The molecule has 0 unspecified atom stereocenters. The van der Waals surface area contributed by atoms with Crippen LogP contribution >= 0.6 is 11.6 Å². The Hall–Kier alpha value is -0.600. The first-order valence-corrected chi connectivity index (χ1v) is 4.41. The van der Waals surface area contributed by atoms with Crippen molar-refractivity contribution in [1.82, 2.24) is 4.98 Å². The van der Waals surface area contributed by atoms with E-state index in [1.165, 1.54) is 0 Å². The van der Waals surface area contributed by atoms with Crippen molar-refractivity contribution < 1.29 is 5.11 Å². The number of aliphatic hydroxyl groups excluding tert-OH is 1. The SMILES string of the molecule is OCCCCc1ccncc1Cl. The molecule has 0 aliphatic carbocycles. The van der Waals surface area contributed by atoms with Gasteiger partial charge in [0.15, 0.2) is 0 Å². The number of nitrogens with zero attached hydrogens (tertiary/aromatic N) is 1. The van der Waals surface area contributed by atoms with Crippen molar-refractivity contribution >= 4 is 11.6 Å². The van der Waals surface area contributed by atoms with Crippen molar-refractivity contribution in [3.63, 3.8) is 0 Å². The van der Waals surface area contributed by atoms with Crippen molar-refractivity contribution in [2.75, 3.05) is 6.61 Å². The van der Waals surface area contributed by atoms with Gasteiger partial charge in [-0.1, -0.05) is 11.6 Å². The molecule has 0 saturated carbocycles. The smallest absolute Gasteiger partial charge is 0.0621 e. The highest BCUT2D eigenvalue weighted by molar-refractivity contribution is 6.31. The fourth-order valence-corrected chi connectivity index (χ4v) is 1.25. The third kappa shape index (κ3) is 2.80. The lowest BCUT2D eigenvalue weighted by Crippen LogP contribution is -1.90. The van der Waals surface area contributed by atoms with Gasteiger partial charge in [-0.3, -0.25) is 4.98 Å². The number of aliphatic hydroxyl groups is 1. The van der Waals surface area contributed by atoms with Gasteiger partial charge in [0, 0.05) is 19.0 Å². The van der Waals surface area contributed by atoms with E-state index in [-0.39, 0.29) is 6.61 Å². The summed E-state index contributed by atoms with van der Waals surface area (Å²) in [5.74, 6) is 0. The molecule has 0 aliphatic heterocycles. The van der Waals surface area contributed by atoms with Gasteiger partial charge in [-0.2, -0.15) is 0 Å². The van der Waals surface area contributed by atoms with Gasteiger partial charge in [-0.25, -0.2) is 0 Å². The minimum absolute atomic E-state index is 0.253. The quantitative estimate of drug-likeness (QED) is 0.729. The lowest BCUT2D eigenvalue weighted by atomic mass is 10.1. The molecule has 1 aromatic rings. The summed E-state index contributed by atoms with van der Waals surface area (Å²) in [7, 11) is 0. The Labute approximate surface area is 77.2 Å². The van der Waals surface area contributed by atoms with Gasteiger partial charge in [-0.15, -0.1) is 0 Å². The number of pyridine rings is 1. The predicted molar refractivity (Wildman–Crippen MR) is 49.3 cm³/mol. The fraction of sp³-hybridized carbons (Fsp3) is 0.444. The molecule has 1 heterocycles. The molecule has 1 aromatic heterocycles. The Bertz CT molecular complexity index is 240. The van der Waals surface area contributed by atoms with Crippen molar-refractivity contribution in [3.8, 4) is 0 Å². The van der Waals surface area contributed by atoms with Crippen molar-refractivity contribution in [1.29, 1.82) is 0 Å². The van der Waals surface area contributed by atoms with E-state index in [9.17, 15) is 0 Å². The summed E-state index contributed by atoms with van der Waals surface area (Å²) in [4.78, 5) is 3.89. The number of hydrogen-bond acceptors (Lipinski definition) is 2. The molecular formula is C9H12ClNO. The molecule has 1 N–H and O–H groups in total. The first-order valence-electron chi connectivity index (χ1n) is 4.04. The first kappa shape index (κ1) is 9.49. The Morgan fingerprint density at radius 2 is 2.25 bits per heavy atom. The van der Waals surface area contributed by atoms with Crippen LogP contribution in [0.25, 0.3) is 0 Å². The molecule has 0 saturated heterocycles. The highest BCUT2D eigenvalue weighted by Gasteiger charge is 1.97. The van der Waals surface area contributed by atoms with E-state index in [4.69, 9.17) is 16.7 Å². The zero-order valence-electron chi connectivity index (χ0n) is 6.83. The van der Waals surface area contributed by atoms with E-state index >= 15 is 0 Å². The van der Waals surface area contributed by atoms with E-state index in [0.29, 0.717) is 0 Å². The van der Waals surface area contributed by atoms with Gasteiger partial charge in [0.05, 0.1) is 5.02 Å². The molecule has 0 atom stereocenters. The molecule has 0 bridgehead atoms. The summed E-state index contributed by atoms with van der Waals surface area (Å²) < 4.78 is 0. The second-order valence-corrected chi connectivity index (χ2v) is 3.05. The Morgan fingerprint density at radius 1 is 1.42 bits per heavy atom. The molecule has 0 amide bonds. The van der Waals surface area contributed by atoms with Gasteiger partial charge in [0.2, 0.25) is 0 Å². The van der Waals surface area contributed by atoms with E-state index in [2.05, 4.69) is 4.98 Å². The normalized spacial score (nSPS) is 10.2. The summed E-state index contributed by atoms with van der Waals surface area (Å²) in [5.41, 5.74) is 1.11. The third-order valence-corrected chi connectivity index (χ3v) is 2.05. The maximum atomic E-state index is 8.57. The number of halogens is 1. The molecule has 66 valence electrons. The van der Waals surface area contributed by atoms with Gasteiger partial charge in [0.25, 0.3) is 0 Å². The molecule has 1 rings (SSSR count). The Kier molecular flexibility index (Phi) is 4.05. The van der Waals surface area contributed by atoms with Crippen LogP contribution in [0.2, 0.25) is 5.02 Å². The summed E-state index contributed by atoms with van der Waals surface area (Å²) in [6, 6.07) is 1.92. The summed E-state index contributed by atoms with van der Waals surface area (Å²) in [5, 5.41) is 9.29. The standard InChI is InChI=1S/C9H12ClNO/c10-9-7-11-5-4-8(9)3-1-2-6-12/h4-5,7,12H,1-3,6H2. The molecule has 0 radical (unpaired) electrons. The number of aryl methyl sites for hydroxylation is 1. The molecule has 12 heavy (non-hydrogen) atoms. The summed E-state index contributed by atoms with van der Waals surface area (Å²) in [6.07, 6.45) is 6.11. The van der Waals surface area contributed by atoms with E-state index in [1.54, 1.807) is 12.4 Å². The van der Waals surface area contributed by atoms with Crippen LogP contribution < -0.4 is 0 Å². The van der Waals surface area contributed by atoms with Crippen LogP contribution in [0.15, 0.2) is 18.5 Å². The molecule has 0 spiro atoms. The van der Waals surface area contributed by atoms with Crippen LogP contribution in [0.4, 0.5) is 0 Å². The first-order chi connectivity index (χ1) is 5.84. The van der Waals surface area contributed by atoms with Crippen LogP contribution in [0.3, 0.4) is 0 Å².